The maximum Gasteiger partial charge on any atom is 0.129 e. The molecule has 2 heterocycles. The molecule has 120 valence electrons. The van der Waals surface area contributed by atoms with E-state index in [0.717, 1.165) is 25.1 Å². The summed E-state index contributed by atoms with van der Waals surface area (Å²) in [6.45, 7) is 5.66. The van der Waals surface area contributed by atoms with Crippen LogP contribution in [0.15, 0.2) is 18.2 Å². The number of aryl methyl sites for hydroxylation is 2. The lowest BCUT2D eigenvalue weighted by Crippen LogP contribution is -2.24. The van der Waals surface area contributed by atoms with Crippen LogP contribution < -0.4 is 0 Å². The average molecular weight is 312 g/mol. The number of rotatable bonds is 3. The number of aromatic nitrogens is 2. The molecule has 1 fully saturated rings. The highest BCUT2D eigenvalue weighted by Crippen LogP contribution is 2.36. The van der Waals surface area contributed by atoms with Crippen molar-refractivity contribution in [2.24, 2.45) is 7.05 Å². The zero-order valence-electron chi connectivity index (χ0n) is 13.8. The molecule has 0 bridgehead atoms. The van der Waals surface area contributed by atoms with Gasteiger partial charge in [-0.05, 0) is 45.4 Å². The van der Waals surface area contributed by atoms with Crippen LogP contribution >= 0.6 is 0 Å². The molecule has 0 aliphatic carbocycles. The highest BCUT2D eigenvalue weighted by atomic mass is 19.1. The van der Waals surface area contributed by atoms with E-state index in [0.29, 0.717) is 23.7 Å². The fourth-order valence-corrected chi connectivity index (χ4v) is 3.58. The van der Waals surface area contributed by atoms with E-state index in [1.807, 2.05) is 24.7 Å². The van der Waals surface area contributed by atoms with E-state index >= 15 is 0 Å². The van der Waals surface area contributed by atoms with Crippen molar-refractivity contribution in [2.45, 2.75) is 39.3 Å². The molecule has 4 nitrogen and oxygen atoms in total. The van der Waals surface area contributed by atoms with Gasteiger partial charge in [0, 0.05) is 36.5 Å². The van der Waals surface area contributed by atoms with Crippen molar-refractivity contribution >= 4 is 0 Å². The quantitative estimate of drug-likeness (QED) is 0.872. The van der Waals surface area contributed by atoms with Crippen LogP contribution in [0.4, 0.5) is 4.39 Å². The Morgan fingerprint density at radius 2 is 2.17 bits per heavy atom. The van der Waals surface area contributed by atoms with Gasteiger partial charge >= 0.3 is 0 Å². The summed E-state index contributed by atoms with van der Waals surface area (Å²) in [5.41, 5.74) is 4.53. The van der Waals surface area contributed by atoms with E-state index in [2.05, 4.69) is 16.9 Å². The van der Waals surface area contributed by atoms with Crippen LogP contribution in [0.5, 0.6) is 0 Å². The molecule has 0 saturated carbocycles. The summed E-state index contributed by atoms with van der Waals surface area (Å²) in [6.07, 6.45) is 2.18. The van der Waals surface area contributed by atoms with Gasteiger partial charge in [0.15, 0.2) is 0 Å². The Labute approximate surface area is 136 Å². The van der Waals surface area contributed by atoms with Crippen LogP contribution in [0.1, 0.15) is 47.0 Å². The molecule has 1 aliphatic heterocycles. The molecule has 3 rings (SSSR count). The number of halogens is 1. The summed E-state index contributed by atoms with van der Waals surface area (Å²) in [5.74, 6) is -0.297. The summed E-state index contributed by atoms with van der Waals surface area (Å²) >= 11 is 0. The Bertz CT molecular complexity index is 772. The first kappa shape index (κ1) is 15.7. The zero-order chi connectivity index (χ0) is 16.6. The van der Waals surface area contributed by atoms with Crippen molar-refractivity contribution in [1.29, 1.82) is 5.26 Å². The average Bonchev–Trinajstić information content (AvgIpc) is 3.06. The number of benzene rings is 1. The van der Waals surface area contributed by atoms with Crippen molar-refractivity contribution in [1.82, 2.24) is 14.7 Å². The fourth-order valence-electron chi connectivity index (χ4n) is 3.58. The molecule has 23 heavy (non-hydrogen) atoms. The van der Waals surface area contributed by atoms with E-state index in [4.69, 9.17) is 5.26 Å². The van der Waals surface area contributed by atoms with Gasteiger partial charge in [-0.1, -0.05) is 6.07 Å². The molecule has 1 atom stereocenters. The van der Waals surface area contributed by atoms with Crippen molar-refractivity contribution in [3.8, 4) is 6.07 Å². The minimum atomic E-state index is -0.297. The molecule has 1 aromatic carbocycles. The SMILES string of the molecule is Cc1nn(C)c(C)c1[C@@H]1CCCN1Cc1ccc(C#N)cc1F. The third kappa shape index (κ3) is 2.87. The van der Waals surface area contributed by atoms with Gasteiger partial charge in [-0.2, -0.15) is 10.4 Å². The molecule has 5 heteroatoms. The second kappa shape index (κ2) is 6.13. The molecular weight excluding hydrogens is 291 g/mol. The first-order valence-electron chi connectivity index (χ1n) is 7.94. The van der Waals surface area contributed by atoms with E-state index < -0.39 is 0 Å². The van der Waals surface area contributed by atoms with Gasteiger partial charge in [0.05, 0.1) is 17.3 Å². The van der Waals surface area contributed by atoms with Crippen LogP contribution in [-0.4, -0.2) is 21.2 Å². The van der Waals surface area contributed by atoms with Gasteiger partial charge < -0.3 is 0 Å². The lowest BCUT2D eigenvalue weighted by atomic mass is 10.0. The Balaban J connectivity index is 1.87. The number of hydrogen-bond donors (Lipinski definition) is 0. The third-order valence-corrected chi connectivity index (χ3v) is 4.82. The van der Waals surface area contributed by atoms with Gasteiger partial charge in [-0.3, -0.25) is 9.58 Å². The fraction of sp³-hybridized carbons (Fsp3) is 0.444. The normalized spacial score (nSPS) is 18.3. The number of likely N-dealkylation sites (tertiary alicyclic amines) is 1. The second-order valence-corrected chi connectivity index (χ2v) is 6.25. The largest absolute Gasteiger partial charge is 0.292 e. The first-order chi connectivity index (χ1) is 11.0. The minimum Gasteiger partial charge on any atom is -0.292 e. The molecule has 0 amide bonds. The maximum absolute atomic E-state index is 14.2. The molecule has 0 N–H and O–H groups in total. The van der Waals surface area contributed by atoms with Crippen molar-refractivity contribution in [3.05, 3.63) is 52.1 Å². The van der Waals surface area contributed by atoms with Crippen LogP contribution in [0.25, 0.3) is 0 Å². The summed E-state index contributed by atoms with van der Waals surface area (Å²) in [6, 6.07) is 7.00. The number of nitriles is 1. The lowest BCUT2D eigenvalue weighted by Gasteiger charge is -2.25. The Morgan fingerprint density at radius 3 is 2.78 bits per heavy atom. The van der Waals surface area contributed by atoms with Crippen molar-refractivity contribution in [3.63, 3.8) is 0 Å². The van der Waals surface area contributed by atoms with Gasteiger partial charge in [0.2, 0.25) is 0 Å². The van der Waals surface area contributed by atoms with Crippen molar-refractivity contribution in [2.75, 3.05) is 6.54 Å². The molecule has 1 aliphatic rings. The zero-order valence-corrected chi connectivity index (χ0v) is 13.8. The van der Waals surface area contributed by atoms with Crippen molar-refractivity contribution < 1.29 is 4.39 Å². The standard InChI is InChI=1S/C18H21FN4/c1-12-18(13(2)22(3)21-12)17-5-4-8-23(17)11-15-7-6-14(10-20)9-16(15)19/h6-7,9,17H,4-5,8,11H2,1-3H3/t17-/m0/s1. The van der Waals surface area contributed by atoms with E-state index in [1.165, 1.54) is 17.3 Å². The summed E-state index contributed by atoms with van der Waals surface area (Å²) in [5, 5.41) is 13.4. The summed E-state index contributed by atoms with van der Waals surface area (Å²) in [7, 11) is 1.96. The Morgan fingerprint density at radius 1 is 1.39 bits per heavy atom. The maximum atomic E-state index is 14.2. The molecule has 0 unspecified atom stereocenters. The van der Waals surface area contributed by atoms with Crippen LogP contribution in [0, 0.1) is 31.0 Å². The minimum absolute atomic E-state index is 0.291. The predicted octanol–water partition coefficient (Wildman–Crippen LogP) is 3.38. The smallest absolute Gasteiger partial charge is 0.129 e. The molecule has 1 saturated heterocycles. The number of hydrogen-bond acceptors (Lipinski definition) is 3. The lowest BCUT2D eigenvalue weighted by molar-refractivity contribution is 0.243. The molecule has 1 aromatic heterocycles. The summed E-state index contributed by atoms with van der Waals surface area (Å²) < 4.78 is 16.1. The number of nitrogens with zero attached hydrogens (tertiary/aromatic N) is 4. The van der Waals surface area contributed by atoms with Gasteiger partial charge in [0.25, 0.3) is 0 Å². The van der Waals surface area contributed by atoms with E-state index in [9.17, 15) is 4.39 Å². The van der Waals surface area contributed by atoms with E-state index in [-0.39, 0.29) is 5.82 Å². The predicted molar refractivity (Wildman–Crippen MR) is 86.2 cm³/mol. The summed E-state index contributed by atoms with van der Waals surface area (Å²) in [4.78, 5) is 2.32. The van der Waals surface area contributed by atoms with Gasteiger partial charge in [-0.15, -0.1) is 0 Å². The van der Waals surface area contributed by atoms with Crippen LogP contribution in [0.2, 0.25) is 0 Å². The van der Waals surface area contributed by atoms with Crippen LogP contribution in [0.3, 0.4) is 0 Å². The Kier molecular flexibility index (Phi) is 4.18. The van der Waals surface area contributed by atoms with Crippen LogP contribution in [-0.2, 0) is 13.6 Å². The highest BCUT2D eigenvalue weighted by molar-refractivity contribution is 5.33. The molecule has 0 spiro atoms. The Hall–Kier alpha value is -2.19. The van der Waals surface area contributed by atoms with Gasteiger partial charge in [-0.25, -0.2) is 4.39 Å². The third-order valence-electron chi connectivity index (χ3n) is 4.82. The topological polar surface area (TPSA) is 44.9 Å². The highest BCUT2D eigenvalue weighted by Gasteiger charge is 2.30. The van der Waals surface area contributed by atoms with Gasteiger partial charge in [0.1, 0.15) is 5.82 Å². The molecule has 2 aromatic rings. The first-order valence-corrected chi connectivity index (χ1v) is 7.94. The monoisotopic (exact) mass is 312 g/mol. The molecular formula is C18H21FN4. The van der Waals surface area contributed by atoms with E-state index in [1.54, 1.807) is 12.1 Å². The molecule has 0 radical (unpaired) electrons. The second-order valence-electron chi connectivity index (χ2n) is 6.25.